The van der Waals surface area contributed by atoms with Gasteiger partial charge in [-0.3, -0.25) is 4.79 Å². The quantitative estimate of drug-likeness (QED) is 0.742. The van der Waals surface area contributed by atoms with Crippen molar-refractivity contribution in [3.8, 4) is 0 Å². The molecular weight excluding hydrogens is 236 g/mol. The number of nitrogens with one attached hydrogen (secondary N) is 2. The third-order valence-corrected chi connectivity index (χ3v) is 2.00. The van der Waals surface area contributed by atoms with Crippen molar-refractivity contribution in [2.75, 3.05) is 6.61 Å². The fraction of sp³-hybridized carbons (Fsp3) is 0.375. The first-order chi connectivity index (χ1) is 6.13. The Morgan fingerprint density at radius 1 is 1.85 bits per heavy atom. The molecule has 1 aromatic heterocycles. The van der Waals surface area contributed by atoms with Crippen molar-refractivity contribution in [1.29, 1.82) is 0 Å². The first-order valence-corrected chi connectivity index (χ1v) is 4.68. The van der Waals surface area contributed by atoms with Gasteiger partial charge in [0.05, 0.1) is 6.61 Å². The second kappa shape index (κ2) is 4.43. The molecule has 1 heterocycles. The van der Waals surface area contributed by atoms with Crippen LogP contribution < -0.4 is 5.32 Å². The average Bonchev–Trinajstić information content (AvgIpc) is 2.51. The molecule has 0 unspecified atom stereocenters. The molecule has 3 N–H and O–H groups in total. The Morgan fingerprint density at radius 3 is 3.00 bits per heavy atom. The number of aromatic nitrogens is 1. The number of amides is 1. The highest BCUT2D eigenvalue weighted by atomic mass is 79.9. The molecule has 1 amide bonds. The van der Waals surface area contributed by atoms with Crippen LogP contribution in [0.4, 0.5) is 0 Å². The third-order valence-electron chi connectivity index (χ3n) is 1.54. The molecule has 0 bridgehead atoms. The fourth-order valence-corrected chi connectivity index (χ4v) is 1.19. The maximum absolute atomic E-state index is 11.4. The predicted octanol–water partition coefficient (Wildman–Crippen LogP) is 0.888. The van der Waals surface area contributed by atoms with Gasteiger partial charge >= 0.3 is 0 Å². The van der Waals surface area contributed by atoms with E-state index in [9.17, 15) is 4.79 Å². The van der Waals surface area contributed by atoms with Gasteiger partial charge in [0.1, 0.15) is 5.69 Å². The van der Waals surface area contributed by atoms with Gasteiger partial charge in [-0.15, -0.1) is 0 Å². The van der Waals surface area contributed by atoms with E-state index in [0.717, 1.165) is 4.47 Å². The van der Waals surface area contributed by atoms with Gasteiger partial charge in [0.25, 0.3) is 5.91 Å². The van der Waals surface area contributed by atoms with Gasteiger partial charge in [-0.1, -0.05) is 0 Å². The van der Waals surface area contributed by atoms with Crippen LogP contribution in [0.2, 0.25) is 0 Å². The van der Waals surface area contributed by atoms with Crippen molar-refractivity contribution in [3.63, 3.8) is 0 Å². The second-order valence-electron chi connectivity index (χ2n) is 2.79. The standard InChI is InChI=1S/C8H11BrN2O2/c1-5(4-12)11-8(13)7-2-6(9)3-10-7/h2-3,5,10,12H,4H2,1H3,(H,11,13)/t5-/m0/s1. The number of carbonyl (C=O) groups is 1. The number of aromatic amines is 1. The molecule has 0 saturated heterocycles. The lowest BCUT2D eigenvalue weighted by molar-refractivity contribution is 0.0918. The van der Waals surface area contributed by atoms with Gasteiger partial charge < -0.3 is 15.4 Å². The van der Waals surface area contributed by atoms with Crippen LogP contribution in [0.1, 0.15) is 17.4 Å². The molecule has 0 fully saturated rings. The van der Waals surface area contributed by atoms with Gasteiger partial charge in [0, 0.05) is 16.7 Å². The number of hydrogen-bond acceptors (Lipinski definition) is 2. The molecule has 0 aliphatic heterocycles. The summed E-state index contributed by atoms with van der Waals surface area (Å²) in [5.74, 6) is -0.216. The summed E-state index contributed by atoms with van der Waals surface area (Å²) >= 11 is 3.22. The lowest BCUT2D eigenvalue weighted by Gasteiger charge is -2.08. The molecule has 72 valence electrons. The maximum Gasteiger partial charge on any atom is 0.268 e. The molecular formula is C8H11BrN2O2. The van der Waals surface area contributed by atoms with Gasteiger partial charge in [-0.25, -0.2) is 0 Å². The third kappa shape index (κ3) is 2.86. The molecule has 5 heteroatoms. The van der Waals surface area contributed by atoms with E-state index < -0.39 is 0 Å². The van der Waals surface area contributed by atoms with Crippen LogP contribution in [-0.4, -0.2) is 28.6 Å². The minimum Gasteiger partial charge on any atom is -0.394 e. The van der Waals surface area contributed by atoms with Crippen molar-refractivity contribution in [2.45, 2.75) is 13.0 Å². The van der Waals surface area contributed by atoms with Crippen LogP contribution in [-0.2, 0) is 0 Å². The largest absolute Gasteiger partial charge is 0.394 e. The van der Waals surface area contributed by atoms with Crippen molar-refractivity contribution in [1.82, 2.24) is 10.3 Å². The number of carbonyl (C=O) groups excluding carboxylic acids is 1. The normalized spacial score (nSPS) is 12.5. The fourth-order valence-electron chi connectivity index (χ4n) is 0.846. The second-order valence-corrected chi connectivity index (χ2v) is 3.70. The summed E-state index contributed by atoms with van der Waals surface area (Å²) in [7, 11) is 0. The lowest BCUT2D eigenvalue weighted by Crippen LogP contribution is -2.35. The number of hydrogen-bond donors (Lipinski definition) is 3. The highest BCUT2D eigenvalue weighted by molar-refractivity contribution is 9.10. The molecule has 1 aromatic rings. The molecule has 13 heavy (non-hydrogen) atoms. The zero-order valence-electron chi connectivity index (χ0n) is 7.17. The highest BCUT2D eigenvalue weighted by Gasteiger charge is 2.09. The Labute approximate surface area is 84.5 Å². The molecule has 0 aliphatic carbocycles. The lowest BCUT2D eigenvalue weighted by atomic mass is 10.3. The van der Waals surface area contributed by atoms with Gasteiger partial charge in [0.2, 0.25) is 0 Å². The summed E-state index contributed by atoms with van der Waals surface area (Å²) in [5, 5.41) is 11.3. The molecule has 0 aliphatic rings. The summed E-state index contributed by atoms with van der Waals surface area (Å²) in [6.45, 7) is 1.67. The smallest absolute Gasteiger partial charge is 0.268 e. The van der Waals surface area contributed by atoms with E-state index in [4.69, 9.17) is 5.11 Å². The summed E-state index contributed by atoms with van der Waals surface area (Å²) < 4.78 is 0.828. The van der Waals surface area contributed by atoms with E-state index in [2.05, 4.69) is 26.2 Å². The van der Waals surface area contributed by atoms with Crippen LogP contribution in [0.15, 0.2) is 16.7 Å². The topological polar surface area (TPSA) is 65.1 Å². The van der Waals surface area contributed by atoms with Gasteiger partial charge in [0.15, 0.2) is 0 Å². The zero-order chi connectivity index (χ0) is 9.84. The Morgan fingerprint density at radius 2 is 2.54 bits per heavy atom. The molecule has 1 rings (SSSR count). The van der Waals surface area contributed by atoms with E-state index in [1.807, 2.05) is 0 Å². The van der Waals surface area contributed by atoms with Crippen molar-refractivity contribution in [3.05, 3.63) is 22.4 Å². The monoisotopic (exact) mass is 246 g/mol. The molecule has 0 aromatic carbocycles. The Kier molecular flexibility index (Phi) is 3.50. The van der Waals surface area contributed by atoms with Crippen molar-refractivity contribution >= 4 is 21.8 Å². The SMILES string of the molecule is C[C@@H](CO)NC(=O)c1cc(Br)c[nH]1. The maximum atomic E-state index is 11.4. The first-order valence-electron chi connectivity index (χ1n) is 3.89. The molecule has 0 saturated carbocycles. The van der Waals surface area contributed by atoms with Crippen LogP contribution in [0.25, 0.3) is 0 Å². The summed E-state index contributed by atoms with van der Waals surface area (Å²) in [6.07, 6.45) is 1.68. The number of rotatable bonds is 3. The average molecular weight is 247 g/mol. The molecule has 1 atom stereocenters. The van der Waals surface area contributed by atoms with E-state index in [1.165, 1.54) is 0 Å². The van der Waals surface area contributed by atoms with E-state index in [1.54, 1.807) is 19.2 Å². The van der Waals surface area contributed by atoms with E-state index in [-0.39, 0.29) is 18.6 Å². The Bertz CT molecular complexity index is 298. The number of H-pyrrole nitrogens is 1. The highest BCUT2D eigenvalue weighted by Crippen LogP contribution is 2.10. The Hall–Kier alpha value is -0.810. The first kappa shape index (κ1) is 10.3. The summed E-state index contributed by atoms with van der Waals surface area (Å²) in [4.78, 5) is 14.1. The van der Waals surface area contributed by atoms with Crippen molar-refractivity contribution < 1.29 is 9.90 Å². The molecule has 0 spiro atoms. The van der Waals surface area contributed by atoms with Gasteiger partial charge in [-0.2, -0.15) is 0 Å². The van der Waals surface area contributed by atoms with E-state index >= 15 is 0 Å². The molecule has 4 nitrogen and oxygen atoms in total. The number of halogens is 1. The minimum absolute atomic E-state index is 0.0619. The van der Waals surface area contributed by atoms with Crippen LogP contribution in [0.5, 0.6) is 0 Å². The van der Waals surface area contributed by atoms with Crippen molar-refractivity contribution in [2.24, 2.45) is 0 Å². The number of aliphatic hydroxyl groups excluding tert-OH is 1. The van der Waals surface area contributed by atoms with E-state index in [0.29, 0.717) is 5.69 Å². The molecule has 0 radical (unpaired) electrons. The van der Waals surface area contributed by atoms with Gasteiger partial charge in [-0.05, 0) is 28.9 Å². The predicted molar refractivity (Wildman–Crippen MR) is 52.5 cm³/mol. The van der Waals surface area contributed by atoms with Crippen LogP contribution in [0.3, 0.4) is 0 Å². The summed E-state index contributed by atoms with van der Waals surface area (Å²) in [6, 6.07) is 1.45. The number of aliphatic hydroxyl groups is 1. The Balaban J connectivity index is 2.58. The zero-order valence-corrected chi connectivity index (χ0v) is 8.76. The van der Waals surface area contributed by atoms with Crippen LogP contribution >= 0.6 is 15.9 Å². The summed E-state index contributed by atoms with van der Waals surface area (Å²) in [5.41, 5.74) is 0.479. The minimum atomic E-state index is -0.227. The van der Waals surface area contributed by atoms with Crippen LogP contribution in [0, 0.1) is 0 Å².